The van der Waals surface area contributed by atoms with Gasteiger partial charge in [0, 0.05) is 19.4 Å². The fraction of sp³-hybridized carbons (Fsp3) is 0.421. The van der Waals surface area contributed by atoms with Crippen molar-refractivity contribution >= 4 is 23.4 Å². The molecule has 0 aliphatic rings. The Morgan fingerprint density at radius 3 is 2.53 bits per heavy atom. The molecule has 0 aliphatic carbocycles. The third kappa shape index (κ3) is 5.69. The number of carbonyl (C=O) groups excluding carboxylic acids is 2. The van der Waals surface area contributed by atoms with E-state index < -0.39 is 34.9 Å². The van der Waals surface area contributed by atoms with Crippen LogP contribution in [0.1, 0.15) is 27.7 Å². The number of aromatic nitrogens is 2. The number of carbonyl (C=O) groups is 2. The molecule has 0 atom stereocenters. The van der Waals surface area contributed by atoms with E-state index in [2.05, 4.69) is 4.98 Å². The van der Waals surface area contributed by atoms with Crippen molar-refractivity contribution in [3.8, 4) is 11.4 Å². The lowest BCUT2D eigenvalue weighted by Crippen LogP contribution is -2.34. The Kier molecular flexibility index (Phi) is 6.98. The number of hydrogen-bond acceptors (Lipinski definition) is 8. The summed E-state index contributed by atoms with van der Waals surface area (Å²) >= 11 is 0. The lowest BCUT2D eigenvalue weighted by molar-refractivity contribution is -0.384. The number of imidazole rings is 1. The number of hydrogen-bond donors (Lipinski definition) is 0. The molecule has 11 heteroatoms. The van der Waals surface area contributed by atoms with E-state index in [4.69, 9.17) is 14.2 Å². The zero-order chi connectivity index (χ0) is 22.5. The van der Waals surface area contributed by atoms with Gasteiger partial charge in [-0.25, -0.2) is 14.6 Å². The maximum atomic E-state index is 12.5. The standard InChI is InChI=1S/C19H24N4O7/c1-6-28-17(24)11-29-16-10-14(23(26)27)13(9-15(16)22-8-7-20-12-22)21(5)18(25)30-19(2,3)4/h7-10,12H,6,11H2,1-5H3. The minimum atomic E-state index is -0.782. The van der Waals surface area contributed by atoms with Crippen molar-refractivity contribution in [3.63, 3.8) is 0 Å². The van der Waals surface area contributed by atoms with Crippen LogP contribution in [0.4, 0.5) is 16.2 Å². The maximum absolute atomic E-state index is 12.5. The van der Waals surface area contributed by atoms with Gasteiger partial charge in [-0.05, 0) is 33.8 Å². The van der Waals surface area contributed by atoms with E-state index in [1.807, 2.05) is 0 Å². The largest absolute Gasteiger partial charge is 0.479 e. The molecule has 0 radical (unpaired) electrons. The van der Waals surface area contributed by atoms with Gasteiger partial charge < -0.3 is 18.8 Å². The van der Waals surface area contributed by atoms with Gasteiger partial charge in [0.25, 0.3) is 5.69 Å². The van der Waals surface area contributed by atoms with Gasteiger partial charge in [-0.15, -0.1) is 0 Å². The fourth-order valence-electron chi connectivity index (χ4n) is 2.45. The number of nitro groups is 1. The number of amides is 1. The molecule has 0 fully saturated rings. The highest BCUT2D eigenvalue weighted by molar-refractivity contribution is 5.91. The SMILES string of the molecule is CCOC(=O)COc1cc([N+](=O)[O-])c(N(C)C(=O)OC(C)(C)C)cc1-n1ccnc1. The summed E-state index contributed by atoms with van der Waals surface area (Å²) in [6.45, 7) is 6.47. The second-order valence-corrected chi connectivity index (χ2v) is 7.17. The van der Waals surface area contributed by atoms with E-state index in [-0.39, 0.29) is 18.0 Å². The van der Waals surface area contributed by atoms with Gasteiger partial charge in [0.05, 0.1) is 29.6 Å². The summed E-state index contributed by atoms with van der Waals surface area (Å²) in [5.74, 6) is -0.569. The molecular formula is C19H24N4O7. The van der Waals surface area contributed by atoms with Crippen molar-refractivity contribution < 1.29 is 28.7 Å². The Morgan fingerprint density at radius 1 is 1.30 bits per heavy atom. The molecular weight excluding hydrogens is 396 g/mol. The Bertz CT molecular complexity index is 920. The van der Waals surface area contributed by atoms with Gasteiger partial charge >= 0.3 is 12.1 Å². The van der Waals surface area contributed by atoms with E-state index >= 15 is 0 Å². The quantitative estimate of drug-likeness (QED) is 0.380. The molecule has 1 aromatic carbocycles. The summed E-state index contributed by atoms with van der Waals surface area (Å²) in [6.07, 6.45) is 3.79. The average Bonchev–Trinajstić information content (AvgIpc) is 3.18. The molecule has 0 unspecified atom stereocenters. The van der Waals surface area contributed by atoms with E-state index in [9.17, 15) is 19.7 Å². The van der Waals surface area contributed by atoms with E-state index in [0.717, 1.165) is 11.0 Å². The van der Waals surface area contributed by atoms with Crippen molar-refractivity contribution in [3.05, 3.63) is 41.0 Å². The summed E-state index contributed by atoms with van der Waals surface area (Å²) in [5.41, 5.74) is -0.851. The molecule has 11 nitrogen and oxygen atoms in total. The summed E-state index contributed by atoms with van der Waals surface area (Å²) < 4.78 is 17.2. The number of benzene rings is 1. The Hall–Kier alpha value is -3.63. The van der Waals surface area contributed by atoms with Crippen molar-refractivity contribution in [1.29, 1.82) is 0 Å². The van der Waals surface area contributed by atoms with E-state index in [1.54, 1.807) is 33.9 Å². The number of nitrogens with zero attached hydrogens (tertiary/aromatic N) is 4. The molecule has 0 spiro atoms. The van der Waals surface area contributed by atoms with Gasteiger partial charge in [0.2, 0.25) is 0 Å². The Morgan fingerprint density at radius 2 is 2.00 bits per heavy atom. The topological polar surface area (TPSA) is 126 Å². The predicted octanol–water partition coefficient (Wildman–Crippen LogP) is 3.09. The fourth-order valence-corrected chi connectivity index (χ4v) is 2.45. The van der Waals surface area contributed by atoms with Crippen LogP contribution in [-0.2, 0) is 14.3 Å². The van der Waals surface area contributed by atoms with Crippen LogP contribution in [0.5, 0.6) is 5.75 Å². The first-order chi connectivity index (χ1) is 14.0. The average molecular weight is 420 g/mol. The highest BCUT2D eigenvalue weighted by atomic mass is 16.6. The zero-order valence-corrected chi connectivity index (χ0v) is 17.4. The first-order valence-corrected chi connectivity index (χ1v) is 9.09. The van der Waals surface area contributed by atoms with Crippen LogP contribution in [0.25, 0.3) is 5.69 Å². The second-order valence-electron chi connectivity index (χ2n) is 7.17. The van der Waals surface area contributed by atoms with Crippen LogP contribution in [0.2, 0.25) is 0 Å². The minimum absolute atomic E-state index is 0.0126. The van der Waals surface area contributed by atoms with E-state index in [1.165, 1.54) is 30.2 Å². The lowest BCUT2D eigenvalue weighted by Gasteiger charge is -2.25. The van der Waals surface area contributed by atoms with Crippen molar-refractivity contribution in [1.82, 2.24) is 9.55 Å². The molecule has 162 valence electrons. The zero-order valence-electron chi connectivity index (χ0n) is 17.4. The van der Waals surface area contributed by atoms with Gasteiger partial charge in [0.15, 0.2) is 12.4 Å². The summed E-state index contributed by atoms with van der Waals surface area (Å²) in [6, 6.07) is 2.54. The monoisotopic (exact) mass is 420 g/mol. The van der Waals surface area contributed by atoms with Crippen LogP contribution in [-0.4, -0.2) is 52.4 Å². The van der Waals surface area contributed by atoms with Crippen LogP contribution < -0.4 is 9.64 Å². The molecule has 0 aliphatic heterocycles. The lowest BCUT2D eigenvalue weighted by atomic mass is 10.2. The number of esters is 1. The molecule has 0 N–H and O–H groups in total. The summed E-state index contributed by atoms with van der Waals surface area (Å²) in [5, 5.41) is 11.7. The third-order valence-corrected chi connectivity index (χ3v) is 3.71. The molecule has 1 heterocycles. The number of ether oxygens (including phenoxy) is 3. The first-order valence-electron chi connectivity index (χ1n) is 9.09. The molecule has 0 saturated heterocycles. The second kappa shape index (κ2) is 9.25. The summed E-state index contributed by atoms with van der Waals surface area (Å²) in [4.78, 5) is 40.2. The molecule has 1 amide bonds. The highest BCUT2D eigenvalue weighted by Crippen LogP contribution is 2.37. The first kappa shape index (κ1) is 22.7. The van der Waals surface area contributed by atoms with Crippen molar-refractivity contribution in [2.45, 2.75) is 33.3 Å². The molecule has 1 aromatic heterocycles. The number of nitro benzene ring substituents is 1. The van der Waals surface area contributed by atoms with Crippen LogP contribution in [0, 0.1) is 10.1 Å². The van der Waals surface area contributed by atoms with Crippen LogP contribution >= 0.6 is 0 Å². The summed E-state index contributed by atoms with van der Waals surface area (Å²) in [7, 11) is 1.37. The minimum Gasteiger partial charge on any atom is -0.479 e. The highest BCUT2D eigenvalue weighted by Gasteiger charge is 2.28. The van der Waals surface area contributed by atoms with Crippen molar-refractivity contribution in [2.75, 3.05) is 25.2 Å². The van der Waals surface area contributed by atoms with E-state index in [0.29, 0.717) is 5.69 Å². The molecule has 2 aromatic rings. The van der Waals surface area contributed by atoms with Gasteiger partial charge in [-0.3, -0.25) is 15.0 Å². The van der Waals surface area contributed by atoms with Crippen molar-refractivity contribution in [2.24, 2.45) is 0 Å². The molecule has 0 saturated carbocycles. The maximum Gasteiger partial charge on any atom is 0.414 e. The Balaban J connectivity index is 2.52. The number of rotatable bonds is 7. The molecule has 30 heavy (non-hydrogen) atoms. The smallest absolute Gasteiger partial charge is 0.414 e. The van der Waals surface area contributed by atoms with Gasteiger partial charge in [0.1, 0.15) is 11.3 Å². The molecule has 0 bridgehead atoms. The number of anilines is 1. The van der Waals surface area contributed by atoms with Crippen LogP contribution in [0.3, 0.4) is 0 Å². The predicted molar refractivity (Wildman–Crippen MR) is 107 cm³/mol. The normalized spacial score (nSPS) is 11.0. The van der Waals surface area contributed by atoms with Crippen LogP contribution in [0.15, 0.2) is 30.9 Å². The van der Waals surface area contributed by atoms with Gasteiger partial charge in [-0.2, -0.15) is 0 Å². The van der Waals surface area contributed by atoms with Gasteiger partial charge in [-0.1, -0.05) is 0 Å². The molecule has 2 rings (SSSR count). The third-order valence-electron chi connectivity index (χ3n) is 3.71. The Labute approximate surface area is 173 Å².